The van der Waals surface area contributed by atoms with Crippen molar-refractivity contribution >= 4 is 21.4 Å². The molecule has 0 heterocycles. The van der Waals surface area contributed by atoms with Gasteiger partial charge in [-0.05, 0) is 48.4 Å². The van der Waals surface area contributed by atoms with Gasteiger partial charge in [0.1, 0.15) is 0 Å². The minimum Gasteiger partial charge on any atom is -0.322 e. The summed E-state index contributed by atoms with van der Waals surface area (Å²) in [5, 5.41) is 2.67. The van der Waals surface area contributed by atoms with Gasteiger partial charge in [-0.25, -0.2) is 8.42 Å². The summed E-state index contributed by atoms with van der Waals surface area (Å²) in [7, 11) is -4.65. The van der Waals surface area contributed by atoms with E-state index in [1.807, 2.05) is 12.1 Å². The Kier molecular flexibility index (Phi) is 5.66. The molecule has 24 heavy (non-hydrogen) atoms. The third-order valence-electron chi connectivity index (χ3n) is 3.43. The molecule has 1 N–H and O–H groups in total. The molecule has 0 aliphatic rings. The SMILES string of the molecule is CCCc1ccc(NC(=O)c2ccc(S(=O)(=O)C(F)F)cc2)cc1. The van der Waals surface area contributed by atoms with E-state index in [1.165, 1.54) is 12.1 Å². The highest BCUT2D eigenvalue weighted by Gasteiger charge is 2.26. The molecule has 0 aromatic heterocycles. The second-order valence-electron chi connectivity index (χ2n) is 5.23. The second kappa shape index (κ2) is 7.53. The lowest BCUT2D eigenvalue weighted by molar-refractivity contribution is 0.102. The Morgan fingerprint density at radius 1 is 1.04 bits per heavy atom. The van der Waals surface area contributed by atoms with Crippen LogP contribution in [0.15, 0.2) is 53.4 Å². The predicted molar refractivity (Wildman–Crippen MR) is 88.0 cm³/mol. The maximum Gasteiger partial charge on any atom is 0.341 e. The van der Waals surface area contributed by atoms with Gasteiger partial charge >= 0.3 is 5.76 Å². The summed E-state index contributed by atoms with van der Waals surface area (Å²) in [6.07, 6.45) is 1.98. The Bertz CT molecular complexity index is 801. The number of alkyl halides is 2. The number of sulfone groups is 1. The van der Waals surface area contributed by atoms with Crippen molar-refractivity contribution in [2.45, 2.75) is 30.4 Å². The van der Waals surface area contributed by atoms with Crippen LogP contribution in [0, 0.1) is 0 Å². The smallest absolute Gasteiger partial charge is 0.322 e. The number of hydrogen-bond acceptors (Lipinski definition) is 3. The van der Waals surface area contributed by atoms with Crippen molar-refractivity contribution in [2.75, 3.05) is 5.32 Å². The Morgan fingerprint density at radius 2 is 1.62 bits per heavy atom. The van der Waals surface area contributed by atoms with Gasteiger partial charge in [0.15, 0.2) is 0 Å². The highest BCUT2D eigenvalue weighted by molar-refractivity contribution is 7.91. The van der Waals surface area contributed by atoms with E-state index in [0.29, 0.717) is 5.69 Å². The molecule has 2 aromatic rings. The lowest BCUT2D eigenvalue weighted by Gasteiger charge is -2.07. The molecule has 2 rings (SSSR count). The van der Waals surface area contributed by atoms with Crippen LogP contribution < -0.4 is 5.32 Å². The summed E-state index contributed by atoms with van der Waals surface area (Å²) < 4.78 is 47.6. The second-order valence-corrected chi connectivity index (χ2v) is 7.15. The number of carbonyl (C=O) groups is 1. The van der Waals surface area contributed by atoms with Gasteiger partial charge in [-0.1, -0.05) is 25.5 Å². The normalized spacial score (nSPS) is 11.5. The van der Waals surface area contributed by atoms with Crippen molar-refractivity contribution in [1.82, 2.24) is 0 Å². The van der Waals surface area contributed by atoms with Crippen LogP contribution in [0.5, 0.6) is 0 Å². The van der Waals surface area contributed by atoms with Gasteiger partial charge in [-0.15, -0.1) is 0 Å². The third-order valence-corrected chi connectivity index (χ3v) is 4.83. The molecule has 0 bridgehead atoms. The molecular weight excluding hydrogens is 336 g/mol. The molecular formula is C17H17F2NO3S. The summed E-state index contributed by atoms with van der Waals surface area (Å²) in [5.41, 5.74) is 1.95. The van der Waals surface area contributed by atoms with Crippen LogP contribution in [-0.2, 0) is 16.3 Å². The minimum atomic E-state index is -4.65. The van der Waals surface area contributed by atoms with Crippen LogP contribution in [0.25, 0.3) is 0 Å². The molecule has 128 valence electrons. The maximum atomic E-state index is 12.5. The fourth-order valence-corrected chi connectivity index (χ4v) is 2.87. The molecule has 0 saturated carbocycles. The fourth-order valence-electron chi connectivity index (χ4n) is 2.15. The number of rotatable bonds is 6. The van der Waals surface area contributed by atoms with Crippen molar-refractivity contribution in [3.8, 4) is 0 Å². The van der Waals surface area contributed by atoms with Crippen LogP contribution in [0.1, 0.15) is 29.3 Å². The van der Waals surface area contributed by atoms with Crippen LogP contribution in [-0.4, -0.2) is 20.1 Å². The first-order valence-corrected chi connectivity index (χ1v) is 8.91. The first kappa shape index (κ1) is 18.1. The minimum absolute atomic E-state index is 0.181. The molecule has 7 heteroatoms. The van der Waals surface area contributed by atoms with Crippen molar-refractivity contribution in [1.29, 1.82) is 0 Å². The maximum absolute atomic E-state index is 12.5. The number of nitrogens with one attached hydrogen (secondary N) is 1. The van der Waals surface area contributed by atoms with Gasteiger partial charge in [0.2, 0.25) is 9.84 Å². The van der Waals surface area contributed by atoms with Crippen LogP contribution in [0.3, 0.4) is 0 Å². The van der Waals surface area contributed by atoms with Gasteiger partial charge in [0, 0.05) is 11.3 Å². The predicted octanol–water partition coefficient (Wildman–Crippen LogP) is 3.89. The highest BCUT2D eigenvalue weighted by atomic mass is 32.2. The Hall–Kier alpha value is -2.28. The number of carbonyl (C=O) groups excluding carboxylic acids is 1. The lowest BCUT2D eigenvalue weighted by atomic mass is 10.1. The zero-order chi connectivity index (χ0) is 17.7. The molecule has 4 nitrogen and oxygen atoms in total. The van der Waals surface area contributed by atoms with Crippen LogP contribution >= 0.6 is 0 Å². The van der Waals surface area contributed by atoms with E-state index in [1.54, 1.807) is 12.1 Å². The van der Waals surface area contributed by atoms with E-state index in [4.69, 9.17) is 0 Å². The molecule has 0 fully saturated rings. The average molecular weight is 353 g/mol. The summed E-state index contributed by atoms with van der Waals surface area (Å²) in [6.45, 7) is 2.08. The van der Waals surface area contributed by atoms with Crippen molar-refractivity contribution in [2.24, 2.45) is 0 Å². The molecule has 2 aromatic carbocycles. The molecule has 0 aliphatic carbocycles. The molecule has 0 saturated heterocycles. The highest BCUT2D eigenvalue weighted by Crippen LogP contribution is 2.19. The van der Waals surface area contributed by atoms with Gasteiger partial charge in [-0.3, -0.25) is 4.79 Å². The number of amides is 1. The third kappa shape index (κ3) is 4.17. The summed E-state index contributed by atoms with van der Waals surface area (Å²) >= 11 is 0. The molecule has 1 amide bonds. The summed E-state index contributed by atoms with van der Waals surface area (Å²) in [4.78, 5) is 11.6. The molecule has 0 unspecified atom stereocenters. The van der Waals surface area contributed by atoms with E-state index in [2.05, 4.69) is 12.2 Å². The molecule has 0 radical (unpaired) electrons. The Morgan fingerprint density at radius 3 is 2.12 bits per heavy atom. The van der Waals surface area contributed by atoms with Crippen molar-refractivity contribution < 1.29 is 22.0 Å². The number of halogens is 2. The zero-order valence-electron chi connectivity index (χ0n) is 13.0. The van der Waals surface area contributed by atoms with Gasteiger partial charge in [-0.2, -0.15) is 8.78 Å². The van der Waals surface area contributed by atoms with Gasteiger partial charge in [0.25, 0.3) is 5.91 Å². The monoisotopic (exact) mass is 353 g/mol. The molecule has 0 atom stereocenters. The standard InChI is InChI=1S/C17H17F2NO3S/c1-2-3-12-4-8-14(9-5-12)20-16(21)13-6-10-15(11-7-13)24(22,23)17(18)19/h4-11,17H,2-3H2,1H3,(H,20,21). The summed E-state index contributed by atoms with van der Waals surface area (Å²) in [5.74, 6) is -3.93. The Balaban J connectivity index is 2.10. The lowest BCUT2D eigenvalue weighted by Crippen LogP contribution is -2.14. The zero-order valence-corrected chi connectivity index (χ0v) is 13.8. The van der Waals surface area contributed by atoms with Gasteiger partial charge < -0.3 is 5.32 Å². The average Bonchev–Trinajstić information content (AvgIpc) is 2.57. The van der Waals surface area contributed by atoms with Crippen LogP contribution in [0.4, 0.5) is 14.5 Å². The van der Waals surface area contributed by atoms with E-state index in [-0.39, 0.29) is 5.56 Å². The summed E-state index contributed by atoms with van der Waals surface area (Å²) in [6, 6.07) is 11.8. The van der Waals surface area contributed by atoms with E-state index < -0.39 is 26.4 Å². The first-order chi connectivity index (χ1) is 11.3. The van der Waals surface area contributed by atoms with Crippen molar-refractivity contribution in [3.63, 3.8) is 0 Å². The quantitative estimate of drug-likeness (QED) is 0.857. The fraction of sp³-hybridized carbons (Fsp3) is 0.235. The number of hydrogen-bond donors (Lipinski definition) is 1. The van der Waals surface area contributed by atoms with Crippen molar-refractivity contribution in [3.05, 3.63) is 59.7 Å². The van der Waals surface area contributed by atoms with Gasteiger partial charge in [0.05, 0.1) is 4.90 Å². The van der Waals surface area contributed by atoms with Crippen LogP contribution in [0.2, 0.25) is 0 Å². The first-order valence-electron chi connectivity index (χ1n) is 7.37. The molecule has 0 aliphatic heterocycles. The topological polar surface area (TPSA) is 63.2 Å². The largest absolute Gasteiger partial charge is 0.341 e. The van der Waals surface area contributed by atoms with E-state index in [9.17, 15) is 22.0 Å². The number of benzene rings is 2. The Labute approximate surface area is 139 Å². The molecule has 0 spiro atoms. The van der Waals surface area contributed by atoms with E-state index >= 15 is 0 Å². The number of anilines is 1. The van der Waals surface area contributed by atoms with E-state index in [0.717, 1.165) is 30.5 Å². The number of aryl methyl sites for hydroxylation is 1.